The zero-order valence-electron chi connectivity index (χ0n) is 28.5. The molecule has 48 heavy (non-hydrogen) atoms. The van der Waals surface area contributed by atoms with E-state index in [-0.39, 0.29) is 42.6 Å². The summed E-state index contributed by atoms with van der Waals surface area (Å²) in [5, 5.41) is 6.45. The molecule has 0 spiro atoms. The smallest absolute Gasteiger partial charge is 0.239 e. The van der Waals surface area contributed by atoms with Gasteiger partial charge >= 0.3 is 0 Å². The van der Waals surface area contributed by atoms with Gasteiger partial charge in [0, 0.05) is 13.1 Å². The van der Waals surface area contributed by atoms with Crippen molar-refractivity contribution >= 4 is 23.8 Å². The highest BCUT2D eigenvalue weighted by atomic mass is 16.2. The molecule has 4 bridgehead atoms. The normalized spacial score (nSPS) is 24.8. The summed E-state index contributed by atoms with van der Waals surface area (Å²) in [6.45, 7) is 1.43. The molecule has 0 aromatic heterocycles. The van der Waals surface area contributed by atoms with Crippen molar-refractivity contribution in [3.05, 3.63) is 76.9 Å². The van der Waals surface area contributed by atoms with Crippen molar-refractivity contribution in [1.82, 2.24) is 15.5 Å². The maximum Gasteiger partial charge on any atom is 0.239 e. The zero-order valence-corrected chi connectivity index (χ0v) is 28.5. The van der Waals surface area contributed by atoms with Gasteiger partial charge in [-0.25, -0.2) is 0 Å². The standard InChI is InChI=1S/C40H55N5O3/c41-16-7-6-15-36(42)39(48)44-34(20-28-9-2-1-3-10-28)25-45(38(47)21-33-13-8-12-32-11-4-5-14-35(32)33)26-37(46)43-27-40-22-29-17-30(23-40)19-31(18-29)24-40/h1-4,8-13,29-31,34,36H,5-7,14-27,41-42H2,(H,43,46)(H,44,48)/t29?,30?,31?,34-,36-,40?/m0/s1. The number of unbranched alkanes of at least 4 members (excludes halogenated alkanes) is 1. The van der Waals surface area contributed by atoms with Crippen LogP contribution >= 0.6 is 0 Å². The van der Waals surface area contributed by atoms with Gasteiger partial charge in [-0.1, -0.05) is 67.1 Å². The van der Waals surface area contributed by atoms with Gasteiger partial charge < -0.3 is 27.0 Å². The summed E-state index contributed by atoms with van der Waals surface area (Å²) in [6.07, 6.45) is 16.7. The summed E-state index contributed by atoms with van der Waals surface area (Å²) in [6, 6.07) is 15.0. The number of carbonyl (C=O) groups excluding carboxylic acids is 3. The summed E-state index contributed by atoms with van der Waals surface area (Å²) in [4.78, 5) is 42.9. The fourth-order valence-electron chi connectivity index (χ4n) is 9.54. The molecular weight excluding hydrogens is 598 g/mol. The molecular formula is C40H55N5O3. The van der Waals surface area contributed by atoms with Crippen LogP contribution < -0.4 is 22.1 Å². The molecule has 3 amide bonds. The lowest BCUT2D eigenvalue weighted by Crippen LogP contribution is -2.54. The van der Waals surface area contributed by atoms with E-state index in [1.54, 1.807) is 4.90 Å². The Balaban J connectivity index is 1.18. The van der Waals surface area contributed by atoms with E-state index >= 15 is 0 Å². The van der Waals surface area contributed by atoms with Gasteiger partial charge in [0.25, 0.3) is 0 Å². The first-order valence-corrected chi connectivity index (χ1v) is 18.4. The largest absolute Gasteiger partial charge is 0.354 e. The van der Waals surface area contributed by atoms with Crippen LogP contribution in [0.15, 0.2) is 54.6 Å². The molecule has 0 aliphatic heterocycles. The van der Waals surface area contributed by atoms with Crippen LogP contribution in [-0.2, 0) is 33.6 Å². The molecule has 0 radical (unpaired) electrons. The minimum atomic E-state index is -0.661. The second-order valence-electron chi connectivity index (χ2n) is 15.4. The van der Waals surface area contributed by atoms with E-state index in [1.165, 1.54) is 44.1 Å². The summed E-state index contributed by atoms with van der Waals surface area (Å²) in [5.41, 5.74) is 16.6. The third-order valence-corrected chi connectivity index (χ3v) is 11.4. The summed E-state index contributed by atoms with van der Waals surface area (Å²) in [5.74, 6) is 1.95. The van der Waals surface area contributed by atoms with Crippen molar-refractivity contribution in [2.24, 2.45) is 34.6 Å². The average molecular weight is 654 g/mol. The number of nitrogens with zero attached hydrogens (tertiary/aromatic N) is 1. The molecule has 0 unspecified atom stereocenters. The van der Waals surface area contributed by atoms with E-state index in [0.717, 1.165) is 60.1 Å². The Morgan fingerprint density at radius 3 is 2.38 bits per heavy atom. The van der Waals surface area contributed by atoms with Gasteiger partial charge in [-0.15, -0.1) is 0 Å². The molecule has 5 aliphatic carbocycles. The number of nitrogens with one attached hydrogen (secondary N) is 2. The van der Waals surface area contributed by atoms with E-state index in [9.17, 15) is 14.4 Å². The van der Waals surface area contributed by atoms with Gasteiger partial charge in [-0.2, -0.15) is 0 Å². The molecule has 4 fully saturated rings. The molecule has 4 saturated carbocycles. The molecule has 7 rings (SSSR count). The molecule has 6 N–H and O–H groups in total. The van der Waals surface area contributed by atoms with Crippen LogP contribution in [-0.4, -0.2) is 60.9 Å². The number of fused-ring (bicyclic) bond motifs is 1. The van der Waals surface area contributed by atoms with Crippen molar-refractivity contribution in [3.63, 3.8) is 0 Å². The van der Waals surface area contributed by atoms with E-state index in [4.69, 9.17) is 11.5 Å². The molecule has 2 atom stereocenters. The third-order valence-electron chi connectivity index (χ3n) is 11.4. The second-order valence-corrected chi connectivity index (χ2v) is 15.4. The molecule has 0 saturated heterocycles. The molecule has 2 aromatic rings. The quantitative estimate of drug-likeness (QED) is 0.198. The van der Waals surface area contributed by atoms with Gasteiger partial charge in [-0.05, 0) is 123 Å². The van der Waals surface area contributed by atoms with Gasteiger partial charge in [0.1, 0.15) is 0 Å². The molecule has 0 heterocycles. The topological polar surface area (TPSA) is 131 Å². The van der Waals surface area contributed by atoms with E-state index in [1.807, 2.05) is 42.5 Å². The number of hydrogen-bond donors (Lipinski definition) is 4. The van der Waals surface area contributed by atoms with Crippen LogP contribution in [0, 0.1) is 23.2 Å². The predicted molar refractivity (Wildman–Crippen MR) is 191 cm³/mol. The van der Waals surface area contributed by atoms with Crippen LogP contribution in [0.3, 0.4) is 0 Å². The highest BCUT2D eigenvalue weighted by molar-refractivity contribution is 5.86. The molecule has 258 valence electrons. The Morgan fingerprint density at radius 1 is 0.938 bits per heavy atom. The maximum absolute atomic E-state index is 14.2. The maximum atomic E-state index is 14.2. The van der Waals surface area contributed by atoms with Gasteiger partial charge in [0.15, 0.2) is 0 Å². The van der Waals surface area contributed by atoms with Gasteiger partial charge in [0.05, 0.1) is 25.0 Å². The number of rotatable bonds is 16. The van der Waals surface area contributed by atoms with Gasteiger partial charge in [0.2, 0.25) is 17.7 Å². The lowest BCUT2D eigenvalue weighted by Gasteiger charge is -2.56. The van der Waals surface area contributed by atoms with E-state index in [2.05, 4.69) is 28.9 Å². The molecule has 8 nitrogen and oxygen atoms in total. The Bertz CT molecular complexity index is 1420. The Morgan fingerprint density at radius 2 is 1.67 bits per heavy atom. The van der Waals surface area contributed by atoms with Crippen LogP contribution in [0.1, 0.15) is 86.5 Å². The monoisotopic (exact) mass is 653 g/mol. The van der Waals surface area contributed by atoms with Crippen LogP contribution in [0.25, 0.3) is 6.08 Å². The highest BCUT2D eigenvalue weighted by Gasteiger charge is 2.50. The van der Waals surface area contributed by atoms with E-state index in [0.29, 0.717) is 25.9 Å². The summed E-state index contributed by atoms with van der Waals surface area (Å²) < 4.78 is 0. The highest BCUT2D eigenvalue weighted by Crippen LogP contribution is 2.59. The minimum Gasteiger partial charge on any atom is -0.354 e. The second kappa shape index (κ2) is 15.8. The first kappa shape index (κ1) is 34.4. The molecule has 8 heteroatoms. The van der Waals surface area contributed by atoms with Crippen molar-refractivity contribution in [3.8, 4) is 0 Å². The lowest BCUT2D eigenvalue weighted by atomic mass is 9.49. The average Bonchev–Trinajstić information content (AvgIpc) is 3.07. The third kappa shape index (κ3) is 8.75. The van der Waals surface area contributed by atoms with Crippen molar-refractivity contribution in [2.45, 2.75) is 95.6 Å². The van der Waals surface area contributed by atoms with Crippen LogP contribution in [0.4, 0.5) is 0 Å². The Kier molecular flexibility index (Phi) is 11.3. The molecule has 2 aromatic carbocycles. The number of amides is 3. The zero-order chi connectivity index (χ0) is 33.5. The first-order valence-electron chi connectivity index (χ1n) is 18.4. The van der Waals surface area contributed by atoms with Gasteiger partial charge in [-0.3, -0.25) is 14.4 Å². The number of benzene rings is 2. The number of allylic oxidation sites excluding steroid dienone is 1. The van der Waals surface area contributed by atoms with Crippen molar-refractivity contribution in [2.75, 3.05) is 26.2 Å². The predicted octanol–water partition coefficient (Wildman–Crippen LogP) is 4.53. The fraction of sp³-hybridized carbons (Fsp3) is 0.575. The lowest BCUT2D eigenvalue weighted by molar-refractivity contribution is -0.137. The molecule has 5 aliphatic rings. The summed E-state index contributed by atoms with van der Waals surface area (Å²) in [7, 11) is 0. The van der Waals surface area contributed by atoms with Crippen LogP contribution in [0.5, 0.6) is 0 Å². The summed E-state index contributed by atoms with van der Waals surface area (Å²) >= 11 is 0. The Hall–Kier alpha value is -3.49. The minimum absolute atomic E-state index is 0.0379. The number of hydrogen-bond acceptors (Lipinski definition) is 5. The number of nitrogens with two attached hydrogens (primary N) is 2. The number of carbonyl (C=O) groups is 3. The first-order chi connectivity index (χ1) is 23.3. The SMILES string of the molecule is NCCCC[C@H](N)C(=O)N[C@@H](Cc1ccccc1)CN(CC(=O)NCC12CC3CC(CC(C3)C1)C2)C(=O)Cc1cccc2c1CCC=C2. The van der Waals surface area contributed by atoms with E-state index < -0.39 is 12.1 Å². The van der Waals surface area contributed by atoms with Crippen LogP contribution in [0.2, 0.25) is 0 Å². The van der Waals surface area contributed by atoms with Crippen molar-refractivity contribution in [1.29, 1.82) is 0 Å². The Labute approximate surface area is 286 Å². The fourth-order valence-corrected chi connectivity index (χ4v) is 9.54. The van der Waals surface area contributed by atoms with Crippen molar-refractivity contribution < 1.29 is 14.4 Å².